The van der Waals surface area contributed by atoms with Gasteiger partial charge in [-0.3, -0.25) is 4.79 Å². The van der Waals surface area contributed by atoms with Gasteiger partial charge in [0.05, 0.1) is 6.10 Å². The van der Waals surface area contributed by atoms with E-state index in [-0.39, 0.29) is 17.8 Å². The summed E-state index contributed by atoms with van der Waals surface area (Å²) in [6.45, 7) is 2.62. The molecule has 1 rings (SSSR count). The highest BCUT2D eigenvalue weighted by molar-refractivity contribution is 5.77. The van der Waals surface area contributed by atoms with Crippen molar-refractivity contribution in [1.82, 2.24) is 4.90 Å². The second-order valence-electron chi connectivity index (χ2n) is 4.57. The lowest BCUT2D eigenvalue weighted by Gasteiger charge is -2.35. The summed E-state index contributed by atoms with van der Waals surface area (Å²) >= 11 is 0. The standard InChI is InChI=1S/C12H21NO3/c1-10(14)6-4-2-3-5-7-12(16)13-8-11(15)9-13/h11,15H,2-9H2,1H3. The molecule has 4 heteroatoms. The number of β-amino-alcohol motifs (C(OH)–C–C–N with tert-alkyl or cyclic N) is 1. The van der Waals surface area contributed by atoms with Gasteiger partial charge in [0.2, 0.25) is 5.91 Å². The summed E-state index contributed by atoms with van der Waals surface area (Å²) in [5.74, 6) is 0.391. The number of carbonyl (C=O) groups is 2. The molecule has 92 valence electrons. The Hall–Kier alpha value is -0.900. The number of unbranched alkanes of at least 4 members (excludes halogenated alkanes) is 3. The van der Waals surface area contributed by atoms with Gasteiger partial charge in [-0.1, -0.05) is 12.8 Å². The van der Waals surface area contributed by atoms with Crippen molar-refractivity contribution in [3.8, 4) is 0 Å². The molecule has 1 N–H and O–H groups in total. The Morgan fingerprint density at radius 2 is 1.69 bits per heavy atom. The highest BCUT2D eigenvalue weighted by atomic mass is 16.3. The van der Waals surface area contributed by atoms with Crippen LogP contribution in [0.15, 0.2) is 0 Å². The molecule has 1 heterocycles. The van der Waals surface area contributed by atoms with Gasteiger partial charge in [-0.25, -0.2) is 0 Å². The third-order valence-corrected chi connectivity index (χ3v) is 2.88. The Morgan fingerprint density at radius 3 is 2.19 bits per heavy atom. The first-order valence-electron chi connectivity index (χ1n) is 6.05. The maximum absolute atomic E-state index is 11.5. The van der Waals surface area contributed by atoms with Crippen LogP contribution in [0, 0.1) is 0 Å². The van der Waals surface area contributed by atoms with Crippen LogP contribution in [-0.2, 0) is 9.59 Å². The van der Waals surface area contributed by atoms with E-state index in [9.17, 15) is 9.59 Å². The minimum absolute atomic E-state index is 0.150. The molecule has 0 saturated carbocycles. The zero-order valence-corrected chi connectivity index (χ0v) is 9.95. The van der Waals surface area contributed by atoms with Gasteiger partial charge in [0.1, 0.15) is 5.78 Å². The monoisotopic (exact) mass is 227 g/mol. The maximum Gasteiger partial charge on any atom is 0.222 e. The molecule has 0 aliphatic carbocycles. The van der Waals surface area contributed by atoms with Crippen LogP contribution in [0.4, 0.5) is 0 Å². The number of ketones is 1. The summed E-state index contributed by atoms with van der Waals surface area (Å²) < 4.78 is 0. The SMILES string of the molecule is CC(=O)CCCCCCC(=O)N1CC(O)C1. The van der Waals surface area contributed by atoms with Crippen LogP contribution in [-0.4, -0.2) is 40.9 Å². The van der Waals surface area contributed by atoms with Crippen LogP contribution in [0.3, 0.4) is 0 Å². The largest absolute Gasteiger partial charge is 0.389 e. The normalized spacial score (nSPS) is 16.0. The van der Waals surface area contributed by atoms with Gasteiger partial charge in [-0.15, -0.1) is 0 Å². The fourth-order valence-electron chi connectivity index (χ4n) is 1.82. The molecule has 0 aromatic carbocycles. The zero-order chi connectivity index (χ0) is 12.0. The Labute approximate surface area is 96.6 Å². The molecule has 1 amide bonds. The molecule has 0 bridgehead atoms. The maximum atomic E-state index is 11.5. The molecule has 1 aliphatic heterocycles. The van der Waals surface area contributed by atoms with Crippen LogP contribution >= 0.6 is 0 Å². The molecule has 0 spiro atoms. The molecule has 1 fully saturated rings. The van der Waals surface area contributed by atoms with Gasteiger partial charge in [-0.2, -0.15) is 0 Å². The van der Waals surface area contributed by atoms with Crippen molar-refractivity contribution in [3.05, 3.63) is 0 Å². The van der Waals surface area contributed by atoms with Crippen molar-refractivity contribution >= 4 is 11.7 Å². The summed E-state index contributed by atoms with van der Waals surface area (Å²) in [6, 6.07) is 0. The number of aliphatic hydroxyl groups is 1. The highest BCUT2D eigenvalue weighted by Gasteiger charge is 2.27. The van der Waals surface area contributed by atoms with E-state index in [0.717, 1.165) is 25.7 Å². The average molecular weight is 227 g/mol. The van der Waals surface area contributed by atoms with E-state index in [1.54, 1.807) is 11.8 Å². The number of aliphatic hydroxyl groups excluding tert-OH is 1. The summed E-state index contributed by atoms with van der Waals surface area (Å²) in [5.41, 5.74) is 0. The number of amides is 1. The molecular formula is C12H21NO3. The van der Waals surface area contributed by atoms with Crippen LogP contribution in [0.2, 0.25) is 0 Å². The molecule has 0 aromatic heterocycles. The van der Waals surface area contributed by atoms with E-state index in [2.05, 4.69) is 0 Å². The van der Waals surface area contributed by atoms with Crippen molar-refractivity contribution < 1.29 is 14.7 Å². The smallest absolute Gasteiger partial charge is 0.222 e. The van der Waals surface area contributed by atoms with Gasteiger partial charge in [0.25, 0.3) is 0 Å². The first-order valence-corrected chi connectivity index (χ1v) is 6.05. The van der Waals surface area contributed by atoms with Crippen LogP contribution in [0.25, 0.3) is 0 Å². The average Bonchev–Trinajstić information content (AvgIpc) is 2.17. The lowest BCUT2D eigenvalue weighted by atomic mass is 10.1. The third-order valence-electron chi connectivity index (χ3n) is 2.88. The van der Waals surface area contributed by atoms with E-state index >= 15 is 0 Å². The van der Waals surface area contributed by atoms with E-state index in [1.165, 1.54) is 0 Å². The molecule has 0 radical (unpaired) electrons. The molecular weight excluding hydrogens is 206 g/mol. The fourth-order valence-corrected chi connectivity index (χ4v) is 1.82. The number of hydrogen-bond acceptors (Lipinski definition) is 3. The molecule has 0 atom stereocenters. The molecule has 0 aromatic rings. The minimum atomic E-state index is -0.306. The van der Waals surface area contributed by atoms with Crippen molar-refractivity contribution in [1.29, 1.82) is 0 Å². The molecule has 4 nitrogen and oxygen atoms in total. The van der Waals surface area contributed by atoms with Crippen LogP contribution in [0.5, 0.6) is 0 Å². The van der Waals surface area contributed by atoms with Gasteiger partial charge < -0.3 is 14.8 Å². The van der Waals surface area contributed by atoms with Crippen molar-refractivity contribution in [2.24, 2.45) is 0 Å². The molecule has 1 saturated heterocycles. The van der Waals surface area contributed by atoms with Gasteiger partial charge in [0, 0.05) is 25.9 Å². The highest BCUT2D eigenvalue weighted by Crippen LogP contribution is 2.12. The number of Topliss-reactive ketones (excluding diaryl/α,β-unsaturated/α-hetero) is 1. The Bertz CT molecular complexity index is 247. The third kappa shape index (κ3) is 4.75. The zero-order valence-electron chi connectivity index (χ0n) is 9.95. The summed E-state index contributed by atoms with van der Waals surface area (Å²) in [5, 5.41) is 9.03. The quantitative estimate of drug-likeness (QED) is 0.663. The summed E-state index contributed by atoms with van der Waals surface area (Å²) in [4.78, 5) is 23.8. The van der Waals surface area contributed by atoms with E-state index in [4.69, 9.17) is 5.11 Å². The first kappa shape index (κ1) is 13.2. The van der Waals surface area contributed by atoms with Crippen LogP contribution in [0.1, 0.15) is 45.4 Å². The Kier molecular flexibility index (Phi) is 5.46. The Morgan fingerprint density at radius 1 is 1.12 bits per heavy atom. The van der Waals surface area contributed by atoms with Gasteiger partial charge in [0.15, 0.2) is 0 Å². The summed E-state index contributed by atoms with van der Waals surface area (Å²) in [6.07, 6.45) is 4.79. The predicted molar refractivity (Wildman–Crippen MR) is 61.0 cm³/mol. The number of carbonyl (C=O) groups excluding carboxylic acids is 2. The lowest BCUT2D eigenvalue weighted by molar-refractivity contribution is -0.141. The number of likely N-dealkylation sites (tertiary alicyclic amines) is 1. The van der Waals surface area contributed by atoms with Crippen molar-refractivity contribution in [2.75, 3.05) is 13.1 Å². The molecule has 0 unspecified atom stereocenters. The van der Waals surface area contributed by atoms with Crippen molar-refractivity contribution in [2.45, 2.75) is 51.6 Å². The Balaban J connectivity index is 1.91. The molecule has 16 heavy (non-hydrogen) atoms. The first-order chi connectivity index (χ1) is 7.59. The van der Waals surface area contributed by atoms with Gasteiger partial charge in [-0.05, 0) is 19.8 Å². The topological polar surface area (TPSA) is 57.6 Å². The van der Waals surface area contributed by atoms with E-state index < -0.39 is 0 Å². The van der Waals surface area contributed by atoms with Crippen LogP contribution < -0.4 is 0 Å². The fraction of sp³-hybridized carbons (Fsp3) is 0.833. The number of nitrogens with zero attached hydrogens (tertiary/aromatic N) is 1. The van der Waals surface area contributed by atoms with Gasteiger partial charge >= 0.3 is 0 Å². The second-order valence-corrected chi connectivity index (χ2v) is 4.57. The lowest BCUT2D eigenvalue weighted by Crippen LogP contribution is -2.53. The minimum Gasteiger partial charge on any atom is -0.389 e. The summed E-state index contributed by atoms with van der Waals surface area (Å²) in [7, 11) is 0. The second kappa shape index (κ2) is 6.63. The van der Waals surface area contributed by atoms with Crippen molar-refractivity contribution in [3.63, 3.8) is 0 Å². The van der Waals surface area contributed by atoms with E-state index in [0.29, 0.717) is 25.9 Å². The molecule has 1 aliphatic rings. The number of hydrogen-bond donors (Lipinski definition) is 1. The number of rotatable bonds is 7. The van der Waals surface area contributed by atoms with E-state index in [1.807, 2.05) is 0 Å². The predicted octanol–water partition coefficient (Wildman–Crippen LogP) is 1.12.